The maximum Gasteiger partial charge on any atom is 0.278 e. The number of carbonyl (C=O) groups is 1. The zero-order valence-corrected chi connectivity index (χ0v) is 19.7. The number of fused-ring (bicyclic) bond motifs is 1. The summed E-state index contributed by atoms with van der Waals surface area (Å²) in [5.74, 6) is 0.198. The van der Waals surface area contributed by atoms with Gasteiger partial charge >= 0.3 is 0 Å². The molecular weight excluding hydrogens is 457 g/mol. The number of halogens is 1. The molecule has 1 aliphatic carbocycles. The number of rotatable bonds is 6. The molecule has 6 nitrogen and oxygen atoms in total. The molecule has 0 unspecified atom stereocenters. The Morgan fingerprint density at radius 1 is 1.09 bits per heavy atom. The highest BCUT2D eigenvalue weighted by molar-refractivity contribution is 8.00. The zero-order chi connectivity index (χ0) is 22.8. The maximum atomic E-state index is 13.4. The summed E-state index contributed by atoms with van der Waals surface area (Å²) < 4.78 is 15.9. The molecule has 0 radical (unpaired) electrons. The van der Waals surface area contributed by atoms with E-state index in [0.717, 1.165) is 52.7 Å². The number of thioether (sulfide) groups is 1. The van der Waals surface area contributed by atoms with Crippen LogP contribution in [0.5, 0.6) is 0 Å². The van der Waals surface area contributed by atoms with Gasteiger partial charge in [0.15, 0.2) is 10.0 Å². The molecule has 0 bridgehead atoms. The van der Waals surface area contributed by atoms with Gasteiger partial charge in [-0.25, -0.2) is 9.07 Å². The van der Waals surface area contributed by atoms with E-state index in [1.54, 1.807) is 28.6 Å². The number of nitrogens with zero attached hydrogens (tertiary/aromatic N) is 4. The van der Waals surface area contributed by atoms with E-state index in [4.69, 9.17) is 0 Å². The normalized spacial score (nSPS) is 13.0. The van der Waals surface area contributed by atoms with Crippen molar-refractivity contribution in [3.8, 4) is 5.69 Å². The van der Waals surface area contributed by atoms with E-state index >= 15 is 0 Å². The van der Waals surface area contributed by atoms with Crippen LogP contribution in [0, 0.1) is 12.7 Å². The smallest absolute Gasteiger partial charge is 0.278 e. The van der Waals surface area contributed by atoms with Crippen LogP contribution in [-0.2, 0) is 18.6 Å². The lowest BCUT2D eigenvalue weighted by atomic mass is 9.95. The van der Waals surface area contributed by atoms with Crippen LogP contribution < -0.4 is 5.32 Å². The molecule has 0 fully saturated rings. The molecule has 168 valence electrons. The first-order chi connectivity index (χ1) is 16.1. The van der Waals surface area contributed by atoms with Gasteiger partial charge in [-0.05, 0) is 62.4 Å². The van der Waals surface area contributed by atoms with E-state index in [2.05, 4.69) is 51.8 Å². The van der Waals surface area contributed by atoms with Gasteiger partial charge in [0.05, 0.1) is 5.69 Å². The quantitative estimate of drug-likeness (QED) is 0.288. The van der Waals surface area contributed by atoms with Crippen LogP contribution in [0.15, 0.2) is 52.9 Å². The standard InChI is InChI=1S/C24H22FN5OS2/c1-15-6-8-16(9-7-15)14-32-24-28-27-23(33-24)26-22(31)21-19-4-2-3-5-20(19)30(29-21)18-12-10-17(25)11-13-18/h6-13H,2-5,14H2,1H3,(H,26,27,31). The van der Waals surface area contributed by atoms with Crippen LogP contribution in [0.1, 0.15) is 45.7 Å². The highest BCUT2D eigenvalue weighted by Gasteiger charge is 2.26. The van der Waals surface area contributed by atoms with Crippen LogP contribution in [0.25, 0.3) is 5.69 Å². The lowest BCUT2D eigenvalue weighted by Crippen LogP contribution is -2.15. The van der Waals surface area contributed by atoms with Crippen molar-refractivity contribution in [2.45, 2.75) is 42.7 Å². The van der Waals surface area contributed by atoms with Crippen LogP contribution in [0.3, 0.4) is 0 Å². The number of hydrogen-bond acceptors (Lipinski definition) is 6. The number of aryl methyl sites for hydroxylation is 1. The number of aromatic nitrogens is 4. The Kier molecular flexibility index (Phi) is 6.24. The van der Waals surface area contributed by atoms with Gasteiger partial charge in [0.1, 0.15) is 5.82 Å². The topological polar surface area (TPSA) is 72.7 Å². The van der Waals surface area contributed by atoms with E-state index in [1.807, 2.05) is 0 Å². The number of hydrogen-bond donors (Lipinski definition) is 1. The fourth-order valence-corrected chi connectivity index (χ4v) is 5.58. The van der Waals surface area contributed by atoms with Crippen molar-refractivity contribution in [2.75, 3.05) is 5.32 Å². The van der Waals surface area contributed by atoms with E-state index in [0.29, 0.717) is 10.8 Å². The first-order valence-corrected chi connectivity index (χ1v) is 12.6. The predicted octanol–water partition coefficient (Wildman–Crippen LogP) is 5.59. The minimum absolute atomic E-state index is 0.291. The van der Waals surface area contributed by atoms with Crippen molar-refractivity contribution in [2.24, 2.45) is 0 Å². The third-order valence-electron chi connectivity index (χ3n) is 5.58. The van der Waals surface area contributed by atoms with Crippen LogP contribution in [0.2, 0.25) is 0 Å². The third kappa shape index (κ3) is 4.84. The first-order valence-electron chi connectivity index (χ1n) is 10.8. The molecule has 1 aliphatic rings. The van der Waals surface area contributed by atoms with Gasteiger partial charge < -0.3 is 0 Å². The van der Waals surface area contributed by atoms with Gasteiger partial charge in [-0.3, -0.25) is 10.1 Å². The summed E-state index contributed by atoms with van der Waals surface area (Å²) in [6, 6.07) is 14.6. The number of benzene rings is 2. The molecule has 0 atom stereocenters. The van der Waals surface area contributed by atoms with E-state index in [1.165, 1.54) is 34.6 Å². The van der Waals surface area contributed by atoms with Gasteiger partial charge in [0.25, 0.3) is 5.91 Å². The maximum absolute atomic E-state index is 13.4. The summed E-state index contributed by atoms with van der Waals surface area (Å²) in [7, 11) is 0. The molecule has 9 heteroatoms. The Labute approximate surface area is 199 Å². The molecule has 2 heterocycles. The Morgan fingerprint density at radius 3 is 2.64 bits per heavy atom. The Balaban J connectivity index is 1.32. The second-order valence-electron chi connectivity index (χ2n) is 7.97. The van der Waals surface area contributed by atoms with Crippen LogP contribution in [-0.4, -0.2) is 25.9 Å². The lowest BCUT2D eigenvalue weighted by Gasteiger charge is -2.14. The highest BCUT2D eigenvalue weighted by Crippen LogP contribution is 2.30. The summed E-state index contributed by atoms with van der Waals surface area (Å²) >= 11 is 2.94. The monoisotopic (exact) mass is 479 g/mol. The van der Waals surface area contributed by atoms with Gasteiger partial charge in [0, 0.05) is 17.0 Å². The fourth-order valence-electron chi connectivity index (χ4n) is 3.88. The Morgan fingerprint density at radius 2 is 1.85 bits per heavy atom. The minimum atomic E-state index is -0.301. The van der Waals surface area contributed by atoms with E-state index in [-0.39, 0.29) is 11.7 Å². The molecular formula is C24H22FN5OS2. The van der Waals surface area contributed by atoms with Crippen molar-refractivity contribution in [3.05, 3.63) is 82.4 Å². The molecule has 1 N–H and O–H groups in total. The average molecular weight is 480 g/mol. The molecule has 2 aromatic heterocycles. The van der Waals surface area contributed by atoms with Crippen LogP contribution >= 0.6 is 23.1 Å². The van der Waals surface area contributed by atoms with Crippen molar-refractivity contribution in [1.29, 1.82) is 0 Å². The summed E-state index contributed by atoms with van der Waals surface area (Å²) in [5, 5.41) is 16.3. The fraction of sp³-hybridized carbons (Fsp3) is 0.250. The summed E-state index contributed by atoms with van der Waals surface area (Å²) in [6.07, 6.45) is 3.69. The van der Waals surface area contributed by atoms with E-state index in [9.17, 15) is 9.18 Å². The van der Waals surface area contributed by atoms with Crippen LogP contribution in [0.4, 0.5) is 9.52 Å². The molecule has 0 aliphatic heterocycles. The zero-order valence-electron chi connectivity index (χ0n) is 18.0. The lowest BCUT2D eigenvalue weighted by molar-refractivity contribution is 0.102. The average Bonchev–Trinajstić information content (AvgIpc) is 3.44. The summed E-state index contributed by atoms with van der Waals surface area (Å²) in [5.41, 5.74) is 5.57. The molecule has 1 amide bonds. The van der Waals surface area contributed by atoms with Gasteiger partial charge in [-0.2, -0.15) is 5.10 Å². The molecule has 5 rings (SSSR count). The SMILES string of the molecule is Cc1ccc(CSc2nnc(NC(=O)c3nn(-c4ccc(F)cc4)c4c3CCCC4)s2)cc1. The molecule has 0 saturated heterocycles. The number of anilines is 1. The second kappa shape index (κ2) is 9.44. The Bertz CT molecular complexity index is 1280. The molecule has 2 aromatic carbocycles. The largest absolute Gasteiger partial charge is 0.295 e. The third-order valence-corrected chi connectivity index (χ3v) is 7.62. The highest BCUT2D eigenvalue weighted by atomic mass is 32.2. The van der Waals surface area contributed by atoms with Crippen molar-refractivity contribution in [1.82, 2.24) is 20.0 Å². The second-order valence-corrected chi connectivity index (χ2v) is 10.2. The first kappa shape index (κ1) is 21.8. The van der Waals surface area contributed by atoms with Gasteiger partial charge in [-0.15, -0.1) is 10.2 Å². The Hall–Kier alpha value is -3.04. The molecule has 0 saturated carbocycles. The number of amides is 1. The molecule has 33 heavy (non-hydrogen) atoms. The summed E-state index contributed by atoms with van der Waals surface area (Å²) in [4.78, 5) is 13.1. The minimum Gasteiger partial charge on any atom is -0.295 e. The van der Waals surface area contributed by atoms with E-state index < -0.39 is 0 Å². The van der Waals surface area contributed by atoms with Gasteiger partial charge in [0.2, 0.25) is 5.13 Å². The van der Waals surface area contributed by atoms with Gasteiger partial charge in [-0.1, -0.05) is 52.9 Å². The van der Waals surface area contributed by atoms with Crippen molar-refractivity contribution >= 4 is 34.1 Å². The summed E-state index contributed by atoms with van der Waals surface area (Å²) in [6.45, 7) is 2.07. The number of carbonyl (C=O) groups excluding carboxylic acids is 1. The molecule has 0 spiro atoms. The van der Waals surface area contributed by atoms with Crippen molar-refractivity contribution < 1.29 is 9.18 Å². The molecule has 4 aromatic rings. The van der Waals surface area contributed by atoms with Crippen molar-refractivity contribution in [3.63, 3.8) is 0 Å². The predicted molar refractivity (Wildman–Crippen MR) is 129 cm³/mol. The number of nitrogens with one attached hydrogen (secondary N) is 1.